The summed E-state index contributed by atoms with van der Waals surface area (Å²) < 4.78 is 5.18. The summed E-state index contributed by atoms with van der Waals surface area (Å²) in [5.41, 5.74) is 5.36. The molecule has 0 saturated carbocycles. The lowest BCUT2D eigenvalue weighted by Crippen LogP contribution is -2.20. The number of aryl methyl sites for hydroxylation is 3. The Hall–Kier alpha value is -0.900. The molecule has 0 aromatic heterocycles. The fourth-order valence-electron chi connectivity index (χ4n) is 1.74. The second-order valence-corrected chi connectivity index (χ2v) is 4.38. The fourth-order valence-corrected chi connectivity index (χ4v) is 1.74. The number of benzene rings is 1. The topological polar surface area (TPSA) is 41.5 Å². The molecule has 1 aromatic rings. The second kappa shape index (κ2) is 7.43. The summed E-state index contributed by atoms with van der Waals surface area (Å²) in [6.45, 7) is 9.27. The third-order valence-electron chi connectivity index (χ3n) is 2.93. The van der Waals surface area contributed by atoms with Gasteiger partial charge in [0, 0.05) is 13.1 Å². The number of hydrogen-bond donors (Lipinski definition) is 2. The van der Waals surface area contributed by atoms with Crippen molar-refractivity contribution in [3.63, 3.8) is 0 Å². The van der Waals surface area contributed by atoms with Crippen molar-refractivity contribution in [1.29, 1.82) is 0 Å². The largest absolute Gasteiger partial charge is 0.394 e. The monoisotopic (exact) mass is 237 g/mol. The van der Waals surface area contributed by atoms with Crippen molar-refractivity contribution in [2.75, 3.05) is 26.4 Å². The highest BCUT2D eigenvalue weighted by Gasteiger charge is 2.01. The van der Waals surface area contributed by atoms with Crippen LogP contribution in [0.5, 0.6) is 0 Å². The molecule has 0 aliphatic heterocycles. The van der Waals surface area contributed by atoms with E-state index in [-0.39, 0.29) is 6.61 Å². The first kappa shape index (κ1) is 14.2. The normalized spacial score (nSPS) is 10.8. The van der Waals surface area contributed by atoms with Gasteiger partial charge in [-0.3, -0.25) is 0 Å². The fraction of sp³-hybridized carbons (Fsp3) is 0.571. The Labute approximate surface area is 104 Å². The quantitative estimate of drug-likeness (QED) is 0.709. The molecule has 96 valence electrons. The Balaban J connectivity index is 2.34. The lowest BCUT2D eigenvalue weighted by Gasteiger charge is -2.11. The van der Waals surface area contributed by atoms with Crippen LogP contribution in [0.15, 0.2) is 12.1 Å². The van der Waals surface area contributed by atoms with Crippen molar-refractivity contribution >= 4 is 0 Å². The maximum Gasteiger partial charge on any atom is 0.0698 e. The van der Waals surface area contributed by atoms with Gasteiger partial charge in [-0.15, -0.1) is 0 Å². The van der Waals surface area contributed by atoms with Crippen LogP contribution in [0.3, 0.4) is 0 Å². The number of aliphatic hydroxyl groups excluding tert-OH is 1. The molecule has 0 aliphatic carbocycles. The summed E-state index contributed by atoms with van der Waals surface area (Å²) in [5, 5.41) is 11.9. The van der Waals surface area contributed by atoms with Crippen LogP contribution in [0.4, 0.5) is 0 Å². The predicted octanol–water partition coefficient (Wildman–Crippen LogP) is 1.71. The average molecular weight is 237 g/mol. The van der Waals surface area contributed by atoms with E-state index in [1.54, 1.807) is 0 Å². The van der Waals surface area contributed by atoms with Crippen molar-refractivity contribution in [2.45, 2.75) is 27.3 Å². The molecule has 3 nitrogen and oxygen atoms in total. The maximum atomic E-state index is 8.55. The molecule has 1 aromatic carbocycles. The number of hydrogen-bond acceptors (Lipinski definition) is 3. The van der Waals surface area contributed by atoms with E-state index in [2.05, 4.69) is 38.2 Å². The van der Waals surface area contributed by atoms with Gasteiger partial charge in [0.25, 0.3) is 0 Å². The second-order valence-electron chi connectivity index (χ2n) is 4.38. The lowest BCUT2D eigenvalue weighted by atomic mass is 10.0. The molecule has 0 spiro atoms. The summed E-state index contributed by atoms with van der Waals surface area (Å²) in [4.78, 5) is 0. The maximum absolute atomic E-state index is 8.55. The summed E-state index contributed by atoms with van der Waals surface area (Å²) in [7, 11) is 0. The number of ether oxygens (including phenoxy) is 1. The van der Waals surface area contributed by atoms with Gasteiger partial charge in [0.05, 0.1) is 19.8 Å². The zero-order chi connectivity index (χ0) is 12.7. The van der Waals surface area contributed by atoms with Gasteiger partial charge in [-0.05, 0) is 43.0 Å². The predicted molar refractivity (Wildman–Crippen MR) is 70.3 cm³/mol. The molecule has 0 saturated heterocycles. The van der Waals surface area contributed by atoms with Crippen LogP contribution in [0.25, 0.3) is 0 Å². The van der Waals surface area contributed by atoms with Crippen LogP contribution in [-0.2, 0) is 11.3 Å². The molecule has 0 unspecified atom stereocenters. The van der Waals surface area contributed by atoms with Gasteiger partial charge in [-0.1, -0.05) is 12.1 Å². The average Bonchev–Trinajstić information content (AvgIpc) is 2.30. The van der Waals surface area contributed by atoms with Crippen LogP contribution in [-0.4, -0.2) is 31.5 Å². The first-order valence-corrected chi connectivity index (χ1v) is 6.11. The van der Waals surface area contributed by atoms with Gasteiger partial charge in [0.1, 0.15) is 0 Å². The lowest BCUT2D eigenvalue weighted by molar-refractivity contribution is 0.0938. The van der Waals surface area contributed by atoms with Crippen LogP contribution >= 0.6 is 0 Å². The third kappa shape index (κ3) is 4.86. The van der Waals surface area contributed by atoms with Gasteiger partial charge >= 0.3 is 0 Å². The molecule has 0 amide bonds. The Kier molecular flexibility index (Phi) is 6.19. The standard InChI is InChI=1S/C14H23NO2/c1-11-8-13(3)14(9-12(11)2)10-15-4-6-17-7-5-16/h8-9,15-16H,4-7,10H2,1-3H3. The van der Waals surface area contributed by atoms with Gasteiger partial charge in [-0.2, -0.15) is 0 Å². The molecular weight excluding hydrogens is 214 g/mol. The Morgan fingerprint density at radius 2 is 1.76 bits per heavy atom. The highest BCUT2D eigenvalue weighted by molar-refractivity contribution is 5.36. The van der Waals surface area contributed by atoms with Gasteiger partial charge < -0.3 is 15.2 Å². The summed E-state index contributed by atoms with van der Waals surface area (Å²) in [6, 6.07) is 4.47. The number of aliphatic hydroxyl groups is 1. The number of rotatable bonds is 7. The molecule has 1 rings (SSSR count). The van der Waals surface area contributed by atoms with E-state index >= 15 is 0 Å². The number of nitrogens with one attached hydrogen (secondary N) is 1. The molecule has 0 bridgehead atoms. The molecule has 2 N–H and O–H groups in total. The van der Waals surface area contributed by atoms with Crippen LogP contribution in [0.1, 0.15) is 22.3 Å². The van der Waals surface area contributed by atoms with Crippen molar-refractivity contribution in [1.82, 2.24) is 5.32 Å². The molecule has 0 atom stereocenters. The molecule has 0 fully saturated rings. The molecule has 0 aliphatic rings. The van der Waals surface area contributed by atoms with E-state index in [1.165, 1.54) is 22.3 Å². The van der Waals surface area contributed by atoms with E-state index < -0.39 is 0 Å². The van der Waals surface area contributed by atoms with Crippen molar-refractivity contribution < 1.29 is 9.84 Å². The first-order valence-electron chi connectivity index (χ1n) is 6.11. The van der Waals surface area contributed by atoms with E-state index in [4.69, 9.17) is 9.84 Å². The Morgan fingerprint density at radius 1 is 1.06 bits per heavy atom. The zero-order valence-electron chi connectivity index (χ0n) is 11.0. The Bertz CT molecular complexity index is 350. The van der Waals surface area contributed by atoms with E-state index in [1.807, 2.05) is 0 Å². The van der Waals surface area contributed by atoms with Gasteiger partial charge in [-0.25, -0.2) is 0 Å². The minimum absolute atomic E-state index is 0.0935. The van der Waals surface area contributed by atoms with Gasteiger partial charge in [0.2, 0.25) is 0 Å². The van der Waals surface area contributed by atoms with Crippen molar-refractivity contribution in [3.05, 3.63) is 34.4 Å². The molecular formula is C14H23NO2. The zero-order valence-corrected chi connectivity index (χ0v) is 11.0. The van der Waals surface area contributed by atoms with Crippen molar-refractivity contribution in [3.8, 4) is 0 Å². The summed E-state index contributed by atoms with van der Waals surface area (Å²) in [6.07, 6.45) is 0. The van der Waals surface area contributed by atoms with E-state index in [9.17, 15) is 0 Å². The van der Waals surface area contributed by atoms with Crippen LogP contribution in [0, 0.1) is 20.8 Å². The highest BCUT2D eigenvalue weighted by Crippen LogP contribution is 2.14. The minimum atomic E-state index is 0.0935. The first-order chi connectivity index (χ1) is 8.15. The highest BCUT2D eigenvalue weighted by atomic mass is 16.5. The molecule has 0 heterocycles. The van der Waals surface area contributed by atoms with E-state index in [0.29, 0.717) is 13.2 Å². The third-order valence-corrected chi connectivity index (χ3v) is 2.93. The van der Waals surface area contributed by atoms with Gasteiger partial charge in [0.15, 0.2) is 0 Å². The van der Waals surface area contributed by atoms with Crippen LogP contribution < -0.4 is 5.32 Å². The SMILES string of the molecule is Cc1cc(C)c(CNCCOCCO)cc1C. The van der Waals surface area contributed by atoms with E-state index in [0.717, 1.165) is 13.1 Å². The summed E-state index contributed by atoms with van der Waals surface area (Å²) >= 11 is 0. The molecule has 17 heavy (non-hydrogen) atoms. The molecule has 0 radical (unpaired) electrons. The van der Waals surface area contributed by atoms with Crippen LogP contribution in [0.2, 0.25) is 0 Å². The smallest absolute Gasteiger partial charge is 0.0698 e. The summed E-state index contributed by atoms with van der Waals surface area (Å²) in [5.74, 6) is 0. The Morgan fingerprint density at radius 3 is 2.47 bits per heavy atom. The van der Waals surface area contributed by atoms with Crippen molar-refractivity contribution in [2.24, 2.45) is 0 Å². The minimum Gasteiger partial charge on any atom is -0.394 e. The molecule has 3 heteroatoms.